The Kier molecular flexibility index (Phi) is 4.34. The van der Waals surface area contributed by atoms with Gasteiger partial charge in [0.15, 0.2) is 0 Å². The van der Waals surface area contributed by atoms with Gasteiger partial charge in [-0.05, 0) is 62.8 Å². The first kappa shape index (κ1) is 16.9. The van der Waals surface area contributed by atoms with Crippen LogP contribution in [-0.2, 0) is 9.53 Å². The Morgan fingerprint density at radius 3 is 2.46 bits per heavy atom. The smallest absolute Gasteiger partial charge is 0.306 e. The van der Waals surface area contributed by atoms with Crippen LogP contribution in [0.25, 0.3) is 0 Å². The number of carboxylic acid groups (broad SMARTS) is 1. The summed E-state index contributed by atoms with van der Waals surface area (Å²) in [5.74, 6) is -1.64. The summed E-state index contributed by atoms with van der Waals surface area (Å²) in [6, 6.07) is 3.05. The summed E-state index contributed by atoms with van der Waals surface area (Å²) in [5, 5.41) is 12.0. The largest absolute Gasteiger partial charge is 0.481 e. The topological polar surface area (TPSA) is 75.6 Å². The molecule has 1 saturated carbocycles. The van der Waals surface area contributed by atoms with Crippen molar-refractivity contribution in [1.29, 1.82) is 0 Å². The fourth-order valence-corrected chi connectivity index (χ4v) is 3.79. The molecule has 0 bridgehead atoms. The third-order valence-corrected chi connectivity index (χ3v) is 5.11. The number of halogens is 1. The Labute approximate surface area is 140 Å². The first-order valence-corrected chi connectivity index (χ1v) is 8.24. The Morgan fingerprint density at radius 1 is 1.25 bits per heavy atom. The monoisotopic (exact) mass is 335 g/mol. The molecular formula is C18H22FNO4. The quantitative estimate of drug-likeness (QED) is 0.890. The maximum atomic E-state index is 13.7. The van der Waals surface area contributed by atoms with E-state index in [0.717, 1.165) is 0 Å². The normalized spacial score (nSPS) is 29.1. The molecular weight excluding hydrogens is 313 g/mol. The molecule has 1 atom stereocenters. The second kappa shape index (κ2) is 6.16. The number of hydrogen-bond acceptors (Lipinski definition) is 3. The third kappa shape index (κ3) is 3.15. The fourth-order valence-electron chi connectivity index (χ4n) is 3.79. The Morgan fingerprint density at radius 2 is 1.88 bits per heavy atom. The zero-order valence-electron chi connectivity index (χ0n) is 13.9. The van der Waals surface area contributed by atoms with Crippen LogP contribution in [0.2, 0.25) is 0 Å². The highest BCUT2D eigenvalue weighted by molar-refractivity contribution is 5.94. The van der Waals surface area contributed by atoms with Crippen LogP contribution in [0.5, 0.6) is 0 Å². The molecule has 6 heteroatoms. The van der Waals surface area contributed by atoms with E-state index in [1.165, 1.54) is 0 Å². The summed E-state index contributed by atoms with van der Waals surface area (Å²) in [7, 11) is 0. The molecule has 1 heterocycles. The van der Waals surface area contributed by atoms with Crippen molar-refractivity contribution in [3.05, 3.63) is 34.6 Å². The Hall–Kier alpha value is -1.95. The van der Waals surface area contributed by atoms with E-state index in [1.54, 1.807) is 26.0 Å². The second-order valence-corrected chi connectivity index (χ2v) is 7.06. The first-order chi connectivity index (χ1) is 11.3. The number of rotatable bonds is 3. The lowest BCUT2D eigenvalue weighted by Gasteiger charge is -2.50. The van der Waals surface area contributed by atoms with E-state index < -0.39 is 11.6 Å². The highest BCUT2D eigenvalue weighted by Gasteiger charge is 2.51. The summed E-state index contributed by atoms with van der Waals surface area (Å²) in [6.07, 6.45) is 2.33. The zero-order chi connectivity index (χ0) is 17.5. The van der Waals surface area contributed by atoms with Crippen molar-refractivity contribution < 1.29 is 23.8 Å². The van der Waals surface area contributed by atoms with E-state index in [2.05, 4.69) is 5.32 Å². The standard InChI is InChI=1S/C18H22FNO4/c1-10-5-12(6-11(2)15(10)19)16(21)20-14-3-4-24-18(9-14)7-13(8-18)17(22)23/h5-6,13-14H,3-4,7-9H2,1-2H3,(H,20,21)(H,22,23)/t13?,14-,18?/m0/s1. The van der Waals surface area contributed by atoms with Crippen LogP contribution in [0, 0.1) is 25.6 Å². The Bertz CT molecular complexity index is 659. The van der Waals surface area contributed by atoms with Crippen molar-refractivity contribution in [1.82, 2.24) is 5.32 Å². The SMILES string of the molecule is Cc1cc(C(=O)N[C@H]2CCOC3(CC(C(=O)O)C3)C2)cc(C)c1F. The highest BCUT2D eigenvalue weighted by Crippen LogP contribution is 2.46. The number of carbonyl (C=O) groups is 2. The van der Waals surface area contributed by atoms with Crippen molar-refractivity contribution in [2.45, 2.75) is 51.2 Å². The molecule has 24 heavy (non-hydrogen) atoms. The van der Waals surface area contributed by atoms with Crippen LogP contribution in [0.4, 0.5) is 4.39 Å². The van der Waals surface area contributed by atoms with Crippen LogP contribution in [0.3, 0.4) is 0 Å². The molecule has 0 unspecified atom stereocenters. The van der Waals surface area contributed by atoms with Crippen LogP contribution in [0.1, 0.15) is 47.2 Å². The predicted molar refractivity (Wildman–Crippen MR) is 85.4 cm³/mol. The van der Waals surface area contributed by atoms with E-state index in [0.29, 0.717) is 49.0 Å². The van der Waals surface area contributed by atoms with Crippen LogP contribution < -0.4 is 5.32 Å². The van der Waals surface area contributed by atoms with E-state index >= 15 is 0 Å². The molecule has 0 aromatic heterocycles. The van der Waals surface area contributed by atoms with E-state index in [-0.39, 0.29) is 23.7 Å². The number of aliphatic carboxylic acids is 1. The molecule has 2 fully saturated rings. The molecule has 3 rings (SSSR count). The average Bonchev–Trinajstić information content (AvgIpc) is 2.49. The number of benzene rings is 1. The molecule has 0 radical (unpaired) electrons. The molecule has 1 aliphatic carbocycles. The molecule has 1 aromatic rings. The van der Waals surface area contributed by atoms with Gasteiger partial charge in [-0.15, -0.1) is 0 Å². The third-order valence-electron chi connectivity index (χ3n) is 5.11. The predicted octanol–water partition coefficient (Wildman–Crippen LogP) is 2.58. The average molecular weight is 335 g/mol. The number of aryl methyl sites for hydroxylation is 2. The van der Waals surface area contributed by atoms with Gasteiger partial charge in [0.25, 0.3) is 5.91 Å². The van der Waals surface area contributed by atoms with Crippen LogP contribution in [0.15, 0.2) is 12.1 Å². The zero-order valence-corrected chi connectivity index (χ0v) is 13.9. The van der Waals surface area contributed by atoms with Gasteiger partial charge in [0, 0.05) is 18.2 Å². The molecule has 5 nitrogen and oxygen atoms in total. The number of carbonyl (C=O) groups excluding carboxylic acids is 1. The summed E-state index contributed by atoms with van der Waals surface area (Å²) in [4.78, 5) is 23.4. The number of nitrogens with one attached hydrogen (secondary N) is 1. The van der Waals surface area contributed by atoms with Crippen LogP contribution >= 0.6 is 0 Å². The lowest BCUT2D eigenvalue weighted by atomic mass is 9.66. The van der Waals surface area contributed by atoms with Crippen molar-refractivity contribution in [2.75, 3.05) is 6.61 Å². The molecule has 1 spiro atoms. The van der Waals surface area contributed by atoms with Gasteiger partial charge in [-0.25, -0.2) is 4.39 Å². The van der Waals surface area contributed by atoms with Crippen molar-refractivity contribution in [2.24, 2.45) is 5.92 Å². The summed E-state index contributed by atoms with van der Waals surface area (Å²) < 4.78 is 19.5. The summed E-state index contributed by atoms with van der Waals surface area (Å²) in [6.45, 7) is 3.80. The highest BCUT2D eigenvalue weighted by atomic mass is 19.1. The Balaban J connectivity index is 1.64. The van der Waals surface area contributed by atoms with E-state index in [9.17, 15) is 14.0 Å². The van der Waals surface area contributed by atoms with Gasteiger partial charge < -0.3 is 15.2 Å². The minimum absolute atomic E-state index is 0.0494. The van der Waals surface area contributed by atoms with Gasteiger partial charge in [-0.1, -0.05) is 0 Å². The van der Waals surface area contributed by atoms with Gasteiger partial charge in [0.1, 0.15) is 5.82 Å². The molecule has 2 N–H and O–H groups in total. The number of amides is 1. The minimum Gasteiger partial charge on any atom is -0.481 e. The maximum Gasteiger partial charge on any atom is 0.306 e. The van der Waals surface area contributed by atoms with Crippen molar-refractivity contribution in [3.63, 3.8) is 0 Å². The summed E-state index contributed by atoms with van der Waals surface area (Å²) in [5.41, 5.74) is 0.941. The molecule has 2 aliphatic rings. The van der Waals surface area contributed by atoms with Gasteiger partial charge in [-0.2, -0.15) is 0 Å². The van der Waals surface area contributed by atoms with Gasteiger partial charge in [0.05, 0.1) is 11.5 Å². The lowest BCUT2D eigenvalue weighted by Crippen LogP contribution is -2.56. The van der Waals surface area contributed by atoms with Gasteiger partial charge >= 0.3 is 5.97 Å². The van der Waals surface area contributed by atoms with E-state index in [4.69, 9.17) is 9.84 Å². The van der Waals surface area contributed by atoms with Crippen LogP contribution in [-0.4, -0.2) is 35.2 Å². The first-order valence-electron chi connectivity index (χ1n) is 8.24. The van der Waals surface area contributed by atoms with Gasteiger partial charge in [0.2, 0.25) is 0 Å². The minimum atomic E-state index is -0.785. The molecule has 130 valence electrons. The maximum absolute atomic E-state index is 13.7. The molecule has 1 aliphatic heterocycles. The lowest BCUT2D eigenvalue weighted by molar-refractivity contribution is -0.181. The summed E-state index contributed by atoms with van der Waals surface area (Å²) >= 11 is 0. The fraction of sp³-hybridized carbons (Fsp3) is 0.556. The van der Waals surface area contributed by atoms with Gasteiger partial charge in [-0.3, -0.25) is 9.59 Å². The van der Waals surface area contributed by atoms with E-state index in [1.807, 2.05) is 0 Å². The number of carboxylic acids is 1. The van der Waals surface area contributed by atoms with Crippen molar-refractivity contribution in [3.8, 4) is 0 Å². The molecule has 1 saturated heterocycles. The second-order valence-electron chi connectivity index (χ2n) is 7.06. The molecule has 1 aromatic carbocycles. The number of hydrogen-bond donors (Lipinski definition) is 2. The van der Waals surface area contributed by atoms with Crippen molar-refractivity contribution >= 4 is 11.9 Å². The number of ether oxygens (including phenoxy) is 1. The molecule has 1 amide bonds.